The number of methoxy groups -OCH3 is 1. The van der Waals surface area contributed by atoms with Crippen molar-refractivity contribution in [2.45, 2.75) is 24.9 Å². The lowest BCUT2D eigenvalue weighted by molar-refractivity contribution is -0.0756. The molecule has 0 saturated carbocycles. The number of nitrogens with zero attached hydrogens (tertiary/aromatic N) is 4. The Balaban J connectivity index is 1.42. The van der Waals surface area contributed by atoms with E-state index < -0.39 is 0 Å². The zero-order valence-corrected chi connectivity index (χ0v) is 16.7. The van der Waals surface area contributed by atoms with Crippen LogP contribution in [0.1, 0.15) is 23.3 Å². The summed E-state index contributed by atoms with van der Waals surface area (Å²) in [5.74, 6) is 0.781. The molecule has 0 bridgehead atoms. The van der Waals surface area contributed by atoms with E-state index in [1.165, 1.54) is 15.3 Å². The number of pyridine rings is 1. The van der Waals surface area contributed by atoms with Gasteiger partial charge in [0.25, 0.3) is 0 Å². The molecule has 3 aromatic rings. The van der Waals surface area contributed by atoms with Gasteiger partial charge in [-0.25, -0.2) is 0 Å². The minimum Gasteiger partial charge on any atom is -0.495 e. The zero-order chi connectivity index (χ0) is 18.3. The number of hydrogen-bond acceptors (Lipinski definition) is 8. The predicted molar refractivity (Wildman–Crippen MR) is 107 cm³/mol. The highest BCUT2D eigenvalue weighted by molar-refractivity contribution is 7.15. The van der Waals surface area contributed by atoms with E-state index in [-0.39, 0.29) is 5.60 Å². The van der Waals surface area contributed by atoms with E-state index in [0.29, 0.717) is 0 Å². The molecule has 140 valence electrons. The van der Waals surface area contributed by atoms with E-state index in [4.69, 9.17) is 9.47 Å². The lowest BCUT2D eigenvalue weighted by Crippen LogP contribution is -2.46. The minimum atomic E-state index is -0.171. The van der Waals surface area contributed by atoms with Crippen molar-refractivity contribution in [3.8, 4) is 16.3 Å². The second-order valence-corrected chi connectivity index (χ2v) is 8.78. The maximum Gasteiger partial charge on any atom is 0.208 e. The molecule has 0 radical (unpaired) electrons. The van der Waals surface area contributed by atoms with Crippen LogP contribution in [-0.2, 0) is 16.8 Å². The van der Waals surface area contributed by atoms with Crippen LogP contribution in [0.4, 0.5) is 5.13 Å². The fourth-order valence-electron chi connectivity index (χ4n) is 3.97. The second-order valence-electron chi connectivity index (χ2n) is 6.83. The molecule has 3 aromatic heterocycles. The van der Waals surface area contributed by atoms with Crippen molar-refractivity contribution >= 4 is 27.8 Å². The molecule has 1 spiro atoms. The van der Waals surface area contributed by atoms with Gasteiger partial charge in [0.15, 0.2) is 0 Å². The first-order chi connectivity index (χ1) is 13.3. The molecule has 5 heterocycles. The van der Waals surface area contributed by atoms with Gasteiger partial charge in [-0.05, 0) is 36.6 Å². The minimum absolute atomic E-state index is 0.171. The predicted octanol–water partition coefficient (Wildman–Crippen LogP) is 3.74. The van der Waals surface area contributed by atoms with Crippen LogP contribution in [0.2, 0.25) is 0 Å². The first-order valence-corrected chi connectivity index (χ1v) is 10.8. The molecular formula is C19H20N4O2S2. The molecule has 0 aromatic carbocycles. The smallest absolute Gasteiger partial charge is 0.208 e. The lowest BCUT2D eigenvalue weighted by atomic mass is 9.82. The summed E-state index contributed by atoms with van der Waals surface area (Å²) in [7, 11) is 1.66. The number of hydrogen-bond donors (Lipinski definition) is 0. The lowest BCUT2D eigenvalue weighted by Gasteiger charge is -2.43. The van der Waals surface area contributed by atoms with Crippen LogP contribution < -0.4 is 9.64 Å². The quantitative estimate of drug-likeness (QED) is 0.668. The molecule has 1 fully saturated rings. The van der Waals surface area contributed by atoms with E-state index in [1.54, 1.807) is 30.2 Å². The van der Waals surface area contributed by atoms with Gasteiger partial charge in [0.2, 0.25) is 5.13 Å². The number of ether oxygens (including phenoxy) is 2. The van der Waals surface area contributed by atoms with Gasteiger partial charge >= 0.3 is 0 Å². The average molecular weight is 401 g/mol. The van der Waals surface area contributed by atoms with Crippen molar-refractivity contribution in [1.29, 1.82) is 0 Å². The molecule has 0 atom stereocenters. The molecular weight excluding hydrogens is 380 g/mol. The van der Waals surface area contributed by atoms with Crippen LogP contribution >= 0.6 is 22.7 Å². The molecule has 8 heteroatoms. The molecule has 0 N–H and O–H groups in total. The summed E-state index contributed by atoms with van der Waals surface area (Å²) in [4.78, 5) is 9.53. The molecule has 0 unspecified atom stereocenters. The zero-order valence-electron chi connectivity index (χ0n) is 15.1. The standard InChI is InChI=1S/C19H20N4O2S2/c1-24-13-2-3-15(20-11-13)17-10-14-16(27-17)4-9-25-19(14)5-7-23(8-6-19)18-22-21-12-26-18/h2-3,10-12H,4-9H2,1H3. The van der Waals surface area contributed by atoms with Gasteiger partial charge in [-0.3, -0.25) is 4.98 Å². The number of thiophene rings is 1. The van der Waals surface area contributed by atoms with Gasteiger partial charge in [-0.1, -0.05) is 11.3 Å². The fraction of sp³-hybridized carbons (Fsp3) is 0.421. The highest BCUT2D eigenvalue weighted by Gasteiger charge is 2.42. The van der Waals surface area contributed by atoms with Gasteiger partial charge in [-0.2, -0.15) is 0 Å². The molecule has 27 heavy (non-hydrogen) atoms. The maximum absolute atomic E-state index is 6.39. The van der Waals surface area contributed by atoms with E-state index in [9.17, 15) is 0 Å². The molecule has 6 nitrogen and oxygen atoms in total. The summed E-state index contributed by atoms with van der Waals surface area (Å²) in [5.41, 5.74) is 3.98. The Hall–Kier alpha value is -2.03. The number of rotatable bonds is 3. The summed E-state index contributed by atoms with van der Waals surface area (Å²) in [6, 6.07) is 6.30. The van der Waals surface area contributed by atoms with Gasteiger partial charge in [-0.15, -0.1) is 21.5 Å². The maximum atomic E-state index is 6.39. The van der Waals surface area contributed by atoms with E-state index in [2.05, 4.69) is 26.1 Å². The van der Waals surface area contributed by atoms with Crippen molar-refractivity contribution in [3.05, 3.63) is 40.3 Å². The number of piperidine rings is 1. The summed E-state index contributed by atoms with van der Waals surface area (Å²) >= 11 is 3.45. The van der Waals surface area contributed by atoms with Gasteiger partial charge in [0.05, 0.1) is 36.1 Å². The van der Waals surface area contributed by atoms with Crippen LogP contribution in [0.5, 0.6) is 5.75 Å². The van der Waals surface area contributed by atoms with Gasteiger partial charge < -0.3 is 14.4 Å². The molecule has 2 aliphatic heterocycles. The Morgan fingerprint density at radius 1 is 1.26 bits per heavy atom. The summed E-state index contributed by atoms with van der Waals surface area (Å²) in [6.45, 7) is 2.68. The van der Waals surface area contributed by atoms with Crippen molar-refractivity contribution < 1.29 is 9.47 Å². The van der Waals surface area contributed by atoms with Crippen LogP contribution in [-0.4, -0.2) is 42.0 Å². The Morgan fingerprint density at radius 2 is 2.15 bits per heavy atom. The van der Waals surface area contributed by atoms with Crippen LogP contribution in [0, 0.1) is 0 Å². The number of aromatic nitrogens is 3. The normalized spacial score (nSPS) is 18.5. The van der Waals surface area contributed by atoms with E-state index in [1.807, 2.05) is 23.5 Å². The summed E-state index contributed by atoms with van der Waals surface area (Å²) in [6.07, 6.45) is 4.72. The largest absolute Gasteiger partial charge is 0.495 e. The van der Waals surface area contributed by atoms with Crippen molar-refractivity contribution in [2.75, 3.05) is 31.7 Å². The van der Waals surface area contributed by atoms with E-state index >= 15 is 0 Å². The third-order valence-corrected chi connectivity index (χ3v) is 7.39. The average Bonchev–Trinajstić information content (AvgIpc) is 3.40. The number of fused-ring (bicyclic) bond motifs is 2. The van der Waals surface area contributed by atoms with Crippen molar-refractivity contribution in [3.63, 3.8) is 0 Å². The van der Waals surface area contributed by atoms with Crippen molar-refractivity contribution in [2.24, 2.45) is 0 Å². The highest BCUT2D eigenvalue weighted by atomic mass is 32.1. The number of anilines is 1. The second kappa shape index (κ2) is 6.85. The molecule has 0 aliphatic carbocycles. The fourth-order valence-corrected chi connectivity index (χ4v) is 5.79. The Bertz CT molecular complexity index is 916. The molecule has 2 aliphatic rings. The summed E-state index contributed by atoms with van der Waals surface area (Å²) < 4.78 is 11.6. The van der Waals surface area contributed by atoms with Crippen LogP contribution in [0.3, 0.4) is 0 Å². The SMILES string of the molecule is COc1ccc(-c2cc3c(s2)CCOC32CCN(c3nncs3)CC2)nc1. The van der Waals surface area contributed by atoms with Gasteiger partial charge in [0, 0.05) is 24.4 Å². The molecule has 1 saturated heterocycles. The highest BCUT2D eigenvalue weighted by Crippen LogP contribution is 2.47. The Kier molecular flexibility index (Phi) is 4.34. The van der Waals surface area contributed by atoms with Crippen molar-refractivity contribution in [1.82, 2.24) is 15.2 Å². The van der Waals surface area contributed by atoms with Gasteiger partial charge in [0.1, 0.15) is 11.3 Å². The molecule has 5 rings (SSSR count). The Morgan fingerprint density at radius 3 is 2.85 bits per heavy atom. The first-order valence-electron chi connectivity index (χ1n) is 9.06. The third-order valence-electron chi connectivity index (χ3n) is 5.42. The van der Waals surface area contributed by atoms with E-state index in [0.717, 1.165) is 55.5 Å². The topological polar surface area (TPSA) is 60.4 Å². The molecule has 0 amide bonds. The van der Waals surface area contributed by atoms with Crippen LogP contribution in [0.25, 0.3) is 10.6 Å². The summed E-state index contributed by atoms with van der Waals surface area (Å²) in [5, 5.41) is 9.19. The van der Waals surface area contributed by atoms with Crippen LogP contribution in [0.15, 0.2) is 29.9 Å². The first kappa shape index (κ1) is 17.1. The Labute approximate surface area is 165 Å². The third kappa shape index (κ3) is 3.01. The monoisotopic (exact) mass is 400 g/mol.